The third-order valence-electron chi connectivity index (χ3n) is 4.21. The van der Waals surface area contributed by atoms with Crippen LogP contribution in [0.5, 0.6) is 0 Å². The van der Waals surface area contributed by atoms with Crippen molar-refractivity contribution < 1.29 is 0 Å². The molecule has 0 bridgehead atoms. The van der Waals surface area contributed by atoms with E-state index in [0.29, 0.717) is 6.04 Å². The average Bonchev–Trinajstić information content (AvgIpc) is 2.47. The predicted octanol–water partition coefficient (Wildman–Crippen LogP) is 5.14. The van der Waals surface area contributed by atoms with Crippen LogP contribution >= 0.6 is 0 Å². The smallest absolute Gasteiger partial charge is 0.00388 e. The van der Waals surface area contributed by atoms with Crippen LogP contribution in [-0.2, 0) is 0 Å². The van der Waals surface area contributed by atoms with E-state index in [-0.39, 0.29) is 0 Å². The Balaban J connectivity index is 0.000000428. The molecule has 1 saturated carbocycles. The lowest BCUT2D eigenvalue weighted by Gasteiger charge is -2.15. The van der Waals surface area contributed by atoms with Crippen LogP contribution in [0.3, 0.4) is 0 Å². The Morgan fingerprint density at radius 1 is 0.700 bits per heavy atom. The highest BCUT2D eigenvalue weighted by molar-refractivity contribution is 4.66. The Bertz CT molecular complexity index is 155. The van der Waals surface area contributed by atoms with Crippen LogP contribution in [0.2, 0.25) is 0 Å². The summed E-state index contributed by atoms with van der Waals surface area (Å²) in [4.78, 5) is 0. The normalized spacial score (nSPS) is 15.8. The monoisotopic (exact) mass is 284 g/mol. The summed E-state index contributed by atoms with van der Waals surface area (Å²) in [5.74, 6) is 0. The molecular weight excluding hydrogens is 244 g/mol. The SMILES string of the molecule is CCCCCCCCCCCCN.NC1CCCCC1. The number of hydrogen-bond donors (Lipinski definition) is 2. The van der Waals surface area contributed by atoms with Gasteiger partial charge >= 0.3 is 0 Å². The fraction of sp³-hybridized carbons (Fsp3) is 1.00. The Hall–Kier alpha value is -0.0800. The molecule has 0 heterocycles. The molecule has 1 fully saturated rings. The Kier molecular flexibility index (Phi) is 16.9. The van der Waals surface area contributed by atoms with E-state index in [2.05, 4.69) is 6.92 Å². The van der Waals surface area contributed by atoms with Gasteiger partial charge < -0.3 is 11.5 Å². The zero-order chi connectivity index (χ0) is 14.9. The van der Waals surface area contributed by atoms with E-state index < -0.39 is 0 Å². The molecule has 122 valence electrons. The fourth-order valence-electron chi connectivity index (χ4n) is 2.77. The van der Waals surface area contributed by atoms with Gasteiger partial charge in [0.1, 0.15) is 0 Å². The summed E-state index contributed by atoms with van der Waals surface area (Å²) in [6.07, 6.45) is 20.6. The lowest BCUT2D eigenvalue weighted by Crippen LogP contribution is -2.22. The highest BCUT2D eigenvalue weighted by Crippen LogP contribution is 2.14. The lowest BCUT2D eigenvalue weighted by molar-refractivity contribution is 0.441. The molecule has 0 spiro atoms. The third-order valence-corrected chi connectivity index (χ3v) is 4.21. The van der Waals surface area contributed by atoms with Gasteiger partial charge in [-0.25, -0.2) is 0 Å². The maximum atomic E-state index is 5.63. The maximum absolute atomic E-state index is 5.63. The number of rotatable bonds is 10. The summed E-state index contributed by atoms with van der Waals surface area (Å²) in [5, 5.41) is 0. The topological polar surface area (TPSA) is 52.0 Å². The summed E-state index contributed by atoms with van der Waals surface area (Å²) in [7, 11) is 0. The molecular formula is C18H40N2. The van der Waals surface area contributed by atoms with Crippen molar-refractivity contribution in [3.8, 4) is 0 Å². The van der Waals surface area contributed by atoms with Gasteiger partial charge in [-0.1, -0.05) is 84.0 Å². The van der Waals surface area contributed by atoms with E-state index in [1.807, 2.05) is 0 Å². The van der Waals surface area contributed by atoms with Crippen molar-refractivity contribution in [3.05, 3.63) is 0 Å². The van der Waals surface area contributed by atoms with E-state index in [0.717, 1.165) is 6.54 Å². The largest absolute Gasteiger partial charge is 0.330 e. The molecule has 0 radical (unpaired) electrons. The Labute approximate surface area is 128 Å². The average molecular weight is 285 g/mol. The van der Waals surface area contributed by atoms with Crippen LogP contribution in [0.1, 0.15) is 103 Å². The molecule has 4 N–H and O–H groups in total. The summed E-state index contributed by atoms with van der Waals surface area (Å²) in [5.41, 5.74) is 11.1. The predicted molar refractivity (Wildman–Crippen MR) is 92.0 cm³/mol. The first kappa shape index (κ1) is 19.9. The van der Waals surface area contributed by atoms with Gasteiger partial charge in [-0.15, -0.1) is 0 Å². The van der Waals surface area contributed by atoms with E-state index in [4.69, 9.17) is 11.5 Å². The van der Waals surface area contributed by atoms with Crippen LogP contribution in [0, 0.1) is 0 Å². The highest BCUT2D eigenvalue weighted by atomic mass is 14.6. The van der Waals surface area contributed by atoms with Gasteiger partial charge in [0.2, 0.25) is 0 Å². The van der Waals surface area contributed by atoms with Crippen molar-refractivity contribution in [1.82, 2.24) is 0 Å². The summed E-state index contributed by atoms with van der Waals surface area (Å²) in [6.45, 7) is 3.14. The summed E-state index contributed by atoms with van der Waals surface area (Å²) < 4.78 is 0. The minimum Gasteiger partial charge on any atom is -0.330 e. The minimum atomic E-state index is 0.536. The first-order valence-electron chi connectivity index (χ1n) is 9.27. The van der Waals surface area contributed by atoms with Gasteiger partial charge in [0, 0.05) is 6.04 Å². The van der Waals surface area contributed by atoms with E-state index >= 15 is 0 Å². The van der Waals surface area contributed by atoms with Crippen molar-refractivity contribution in [1.29, 1.82) is 0 Å². The van der Waals surface area contributed by atoms with Crippen LogP contribution in [0.4, 0.5) is 0 Å². The number of hydrogen-bond acceptors (Lipinski definition) is 2. The molecule has 1 rings (SSSR count). The molecule has 1 aliphatic carbocycles. The first-order chi connectivity index (χ1) is 9.81. The van der Waals surface area contributed by atoms with Gasteiger partial charge in [0.15, 0.2) is 0 Å². The Morgan fingerprint density at radius 3 is 1.50 bits per heavy atom. The Morgan fingerprint density at radius 2 is 1.15 bits per heavy atom. The molecule has 0 aromatic carbocycles. The van der Waals surface area contributed by atoms with Gasteiger partial charge in [-0.2, -0.15) is 0 Å². The van der Waals surface area contributed by atoms with Crippen LogP contribution in [0.15, 0.2) is 0 Å². The quantitative estimate of drug-likeness (QED) is 0.545. The van der Waals surface area contributed by atoms with Crippen LogP contribution < -0.4 is 11.5 Å². The summed E-state index contributed by atoms with van der Waals surface area (Å²) >= 11 is 0. The maximum Gasteiger partial charge on any atom is 0.00388 e. The van der Waals surface area contributed by atoms with E-state index in [1.54, 1.807) is 0 Å². The van der Waals surface area contributed by atoms with Gasteiger partial charge in [-0.05, 0) is 25.8 Å². The number of nitrogens with two attached hydrogens (primary N) is 2. The molecule has 0 aromatic rings. The standard InChI is InChI=1S/C12H27N.C6H13N/c1-2-3-4-5-6-7-8-9-10-11-12-13;7-6-4-2-1-3-5-6/h2-13H2,1H3;6H,1-5,7H2. The van der Waals surface area contributed by atoms with Gasteiger partial charge in [-0.3, -0.25) is 0 Å². The molecule has 0 atom stereocenters. The van der Waals surface area contributed by atoms with Gasteiger partial charge in [0.05, 0.1) is 0 Å². The molecule has 0 saturated heterocycles. The third kappa shape index (κ3) is 16.0. The van der Waals surface area contributed by atoms with Gasteiger partial charge in [0.25, 0.3) is 0 Å². The van der Waals surface area contributed by atoms with Crippen molar-refractivity contribution >= 4 is 0 Å². The molecule has 0 amide bonds. The molecule has 0 aromatic heterocycles. The molecule has 2 nitrogen and oxygen atoms in total. The van der Waals surface area contributed by atoms with Crippen molar-refractivity contribution in [3.63, 3.8) is 0 Å². The second-order valence-electron chi connectivity index (χ2n) is 6.37. The minimum absolute atomic E-state index is 0.536. The second kappa shape index (κ2) is 17.0. The van der Waals surface area contributed by atoms with Crippen LogP contribution in [0.25, 0.3) is 0 Å². The van der Waals surface area contributed by atoms with E-state index in [1.165, 1.54) is 96.3 Å². The summed E-state index contributed by atoms with van der Waals surface area (Å²) in [6, 6.07) is 0.536. The van der Waals surface area contributed by atoms with Crippen LogP contribution in [-0.4, -0.2) is 12.6 Å². The fourth-order valence-corrected chi connectivity index (χ4v) is 2.77. The van der Waals surface area contributed by atoms with Crippen molar-refractivity contribution in [2.24, 2.45) is 11.5 Å². The zero-order valence-corrected chi connectivity index (χ0v) is 14.0. The van der Waals surface area contributed by atoms with Crippen molar-refractivity contribution in [2.75, 3.05) is 6.54 Å². The second-order valence-corrected chi connectivity index (χ2v) is 6.37. The molecule has 0 aliphatic heterocycles. The molecule has 0 unspecified atom stereocenters. The van der Waals surface area contributed by atoms with Crippen molar-refractivity contribution in [2.45, 2.75) is 109 Å². The first-order valence-corrected chi connectivity index (χ1v) is 9.27. The molecule has 2 heteroatoms. The highest BCUT2D eigenvalue weighted by Gasteiger charge is 2.06. The molecule has 1 aliphatic rings. The zero-order valence-electron chi connectivity index (χ0n) is 14.0. The lowest BCUT2D eigenvalue weighted by atomic mass is 9.97. The molecule has 20 heavy (non-hydrogen) atoms. The number of unbranched alkanes of at least 4 members (excludes halogenated alkanes) is 9. The van der Waals surface area contributed by atoms with E-state index in [9.17, 15) is 0 Å².